The van der Waals surface area contributed by atoms with Crippen LogP contribution in [0.4, 0.5) is 5.82 Å². The summed E-state index contributed by atoms with van der Waals surface area (Å²) < 4.78 is 0. The van der Waals surface area contributed by atoms with Crippen molar-refractivity contribution in [2.75, 3.05) is 5.32 Å². The van der Waals surface area contributed by atoms with E-state index in [-0.39, 0.29) is 11.4 Å². The van der Waals surface area contributed by atoms with Gasteiger partial charge in [0.15, 0.2) is 0 Å². The van der Waals surface area contributed by atoms with E-state index in [1.165, 1.54) is 18.3 Å². The standard InChI is InChI=1S/C15H14N4O3/c1-9(16)13(10-4-6-17-7-5-10)14(20)19-12-3-2-11(8-18-12)15(21)22/h2-8H,16H2,1H3,(H,21,22)(H,18,19,20). The van der Waals surface area contributed by atoms with Crippen molar-refractivity contribution in [1.29, 1.82) is 0 Å². The molecule has 0 bridgehead atoms. The summed E-state index contributed by atoms with van der Waals surface area (Å²) in [6, 6.07) is 6.12. The van der Waals surface area contributed by atoms with E-state index >= 15 is 0 Å². The normalized spacial score (nSPS) is 11.5. The average molecular weight is 298 g/mol. The molecule has 7 nitrogen and oxygen atoms in total. The Kier molecular flexibility index (Phi) is 4.47. The van der Waals surface area contributed by atoms with Gasteiger partial charge in [0.25, 0.3) is 5.91 Å². The summed E-state index contributed by atoms with van der Waals surface area (Å²) in [6.45, 7) is 1.62. The molecule has 0 saturated heterocycles. The fraction of sp³-hybridized carbons (Fsp3) is 0.0667. The lowest BCUT2D eigenvalue weighted by Crippen LogP contribution is -2.18. The molecule has 112 valence electrons. The highest BCUT2D eigenvalue weighted by Crippen LogP contribution is 2.18. The van der Waals surface area contributed by atoms with Crippen LogP contribution in [0.25, 0.3) is 5.57 Å². The lowest BCUT2D eigenvalue weighted by molar-refractivity contribution is -0.111. The molecule has 0 aliphatic carbocycles. The number of amides is 1. The van der Waals surface area contributed by atoms with E-state index in [0.717, 1.165) is 0 Å². The van der Waals surface area contributed by atoms with Crippen LogP contribution in [0.2, 0.25) is 0 Å². The molecule has 2 heterocycles. The predicted molar refractivity (Wildman–Crippen MR) is 80.8 cm³/mol. The van der Waals surface area contributed by atoms with E-state index in [1.54, 1.807) is 31.5 Å². The first-order valence-electron chi connectivity index (χ1n) is 6.36. The van der Waals surface area contributed by atoms with Crippen molar-refractivity contribution in [2.45, 2.75) is 6.92 Å². The number of aromatic carboxylic acids is 1. The SMILES string of the molecule is CC(N)=C(C(=O)Nc1ccc(C(=O)O)cn1)c1ccncc1. The van der Waals surface area contributed by atoms with Crippen LogP contribution in [0, 0.1) is 0 Å². The van der Waals surface area contributed by atoms with E-state index in [1.807, 2.05) is 0 Å². The predicted octanol–water partition coefficient (Wildman–Crippen LogP) is 1.50. The van der Waals surface area contributed by atoms with Crippen LogP contribution in [-0.2, 0) is 4.79 Å². The summed E-state index contributed by atoms with van der Waals surface area (Å²) in [4.78, 5) is 30.9. The van der Waals surface area contributed by atoms with Gasteiger partial charge in [0.1, 0.15) is 5.82 Å². The minimum atomic E-state index is -1.08. The number of pyridine rings is 2. The quantitative estimate of drug-likeness (QED) is 0.736. The van der Waals surface area contributed by atoms with E-state index < -0.39 is 11.9 Å². The van der Waals surface area contributed by atoms with Crippen LogP contribution in [-0.4, -0.2) is 27.0 Å². The van der Waals surface area contributed by atoms with Crippen molar-refractivity contribution in [2.24, 2.45) is 5.73 Å². The van der Waals surface area contributed by atoms with Gasteiger partial charge in [0, 0.05) is 24.3 Å². The topological polar surface area (TPSA) is 118 Å². The molecule has 0 radical (unpaired) electrons. The third-order valence-electron chi connectivity index (χ3n) is 2.84. The Morgan fingerprint density at radius 1 is 1.14 bits per heavy atom. The zero-order chi connectivity index (χ0) is 16.1. The second-order valence-corrected chi connectivity index (χ2v) is 4.49. The number of nitrogens with two attached hydrogens (primary N) is 1. The second-order valence-electron chi connectivity index (χ2n) is 4.49. The summed E-state index contributed by atoms with van der Waals surface area (Å²) in [5.74, 6) is -1.27. The van der Waals surface area contributed by atoms with Crippen LogP contribution in [0.15, 0.2) is 48.6 Å². The molecule has 0 aliphatic rings. The van der Waals surface area contributed by atoms with Gasteiger partial charge in [0.2, 0.25) is 0 Å². The molecule has 4 N–H and O–H groups in total. The van der Waals surface area contributed by atoms with Crippen molar-refractivity contribution < 1.29 is 14.7 Å². The van der Waals surface area contributed by atoms with Gasteiger partial charge in [-0.3, -0.25) is 9.78 Å². The summed E-state index contributed by atoms with van der Waals surface area (Å²) in [5, 5.41) is 11.4. The van der Waals surface area contributed by atoms with Gasteiger partial charge in [-0.25, -0.2) is 9.78 Å². The zero-order valence-electron chi connectivity index (χ0n) is 11.8. The van der Waals surface area contributed by atoms with Gasteiger partial charge in [-0.2, -0.15) is 0 Å². The molecule has 0 atom stereocenters. The number of carbonyl (C=O) groups excluding carboxylic acids is 1. The summed E-state index contributed by atoms with van der Waals surface area (Å²) in [5.41, 5.74) is 7.13. The Bertz CT molecular complexity index is 720. The molecular formula is C15H14N4O3. The third-order valence-corrected chi connectivity index (χ3v) is 2.84. The van der Waals surface area contributed by atoms with Crippen LogP contribution < -0.4 is 11.1 Å². The van der Waals surface area contributed by atoms with Gasteiger partial charge in [-0.1, -0.05) is 0 Å². The summed E-state index contributed by atoms with van der Waals surface area (Å²) >= 11 is 0. The molecule has 0 aliphatic heterocycles. The second kappa shape index (κ2) is 6.49. The van der Waals surface area contributed by atoms with Gasteiger partial charge in [0.05, 0.1) is 11.1 Å². The average Bonchev–Trinajstić information content (AvgIpc) is 2.48. The maximum absolute atomic E-state index is 12.3. The highest BCUT2D eigenvalue weighted by atomic mass is 16.4. The Morgan fingerprint density at radius 3 is 2.32 bits per heavy atom. The minimum Gasteiger partial charge on any atom is -0.478 e. The van der Waals surface area contributed by atoms with Crippen LogP contribution in [0.1, 0.15) is 22.8 Å². The van der Waals surface area contributed by atoms with Crippen molar-refractivity contribution >= 4 is 23.3 Å². The third kappa shape index (κ3) is 3.45. The van der Waals surface area contributed by atoms with Gasteiger partial charge in [-0.05, 0) is 36.8 Å². The first kappa shape index (κ1) is 15.2. The van der Waals surface area contributed by atoms with E-state index in [9.17, 15) is 9.59 Å². The van der Waals surface area contributed by atoms with Crippen molar-refractivity contribution in [1.82, 2.24) is 9.97 Å². The number of hydrogen-bond acceptors (Lipinski definition) is 5. The summed E-state index contributed by atoms with van der Waals surface area (Å²) in [7, 11) is 0. The molecule has 0 aromatic carbocycles. The number of allylic oxidation sites excluding steroid dienone is 1. The van der Waals surface area contributed by atoms with Crippen LogP contribution in [0.3, 0.4) is 0 Å². The van der Waals surface area contributed by atoms with Crippen molar-refractivity contribution in [3.8, 4) is 0 Å². The minimum absolute atomic E-state index is 0.0397. The number of hydrogen-bond donors (Lipinski definition) is 3. The zero-order valence-corrected chi connectivity index (χ0v) is 11.8. The summed E-state index contributed by atoms with van der Waals surface area (Å²) in [6.07, 6.45) is 4.29. The molecule has 7 heteroatoms. The van der Waals surface area contributed by atoms with Crippen molar-refractivity contribution in [3.05, 3.63) is 59.7 Å². The smallest absolute Gasteiger partial charge is 0.337 e. The Labute approximate surface area is 126 Å². The largest absolute Gasteiger partial charge is 0.478 e. The number of carbonyl (C=O) groups is 2. The number of carboxylic acids is 1. The monoisotopic (exact) mass is 298 g/mol. The Morgan fingerprint density at radius 2 is 1.82 bits per heavy atom. The maximum Gasteiger partial charge on any atom is 0.337 e. The molecule has 1 amide bonds. The van der Waals surface area contributed by atoms with Crippen LogP contribution >= 0.6 is 0 Å². The van der Waals surface area contributed by atoms with E-state index in [0.29, 0.717) is 16.8 Å². The lowest BCUT2D eigenvalue weighted by atomic mass is 10.0. The number of anilines is 1. The molecule has 0 unspecified atom stereocenters. The number of nitrogens with one attached hydrogen (secondary N) is 1. The molecule has 0 saturated carbocycles. The molecule has 22 heavy (non-hydrogen) atoms. The Balaban J connectivity index is 2.23. The highest BCUT2D eigenvalue weighted by molar-refractivity contribution is 6.25. The lowest BCUT2D eigenvalue weighted by Gasteiger charge is -2.10. The van der Waals surface area contributed by atoms with E-state index in [4.69, 9.17) is 10.8 Å². The fourth-order valence-corrected chi connectivity index (χ4v) is 1.83. The first-order valence-corrected chi connectivity index (χ1v) is 6.36. The number of carboxylic acid groups (broad SMARTS) is 1. The molecule has 0 fully saturated rings. The van der Waals surface area contributed by atoms with Gasteiger partial charge in [-0.15, -0.1) is 0 Å². The number of rotatable bonds is 4. The number of aromatic nitrogens is 2. The Hall–Kier alpha value is -3.22. The molecule has 2 rings (SSSR count). The maximum atomic E-state index is 12.3. The van der Waals surface area contributed by atoms with E-state index in [2.05, 4.69) is 15.3 Å². The fourth-order valence-electron chi connectivity index (χ4n) is 1.83. The molecular weight excluding hydrogens is 284 g/mol. The first-order chi connectivity index (χ1) is 10.5. The number of nitrogens with zero attached hydrogens (tertiary/aromatic N) is 2. The molecule has 0 spiro atoms. The van der Waals surface area contributed by atoms with Gasteiger partial charge >= 0.3 is 5.97 Å². The van der Waals surface area contributed by atoms with Crippen LogP contribution in [0.5, 0.6) is 0 Å². The highest BCUT2D eigenvalue weighted by Gasteiger charge is 2.15. The molecule has 2 aromatic rings. The van der Waals surface area contributed by atoms with Crippen molar-refractivity contribution in [3.63, 3.8) is 0 Å². The molecule has 2 aromatic heterocycles. The van der Waals surface area contributed by atoms with Gasteiger partial charge < -0.3 is 16.2 Å².